The Morgan fingerprint density at radius 2 is 1.95 bits per heavy atom. The van der Waals surface area contributed by atoms with Gasteiger partial charge < -0.3 is 5.32 Å². The zero-order valence-corrected chi connectivity index (χ0v) is 13.7. The van der Waals surface area contributed by atoms with E-state index < -0.39 is 11.7 Å². The smallest absolute Gasteiger partial charge is 0.255 e. The molecule has 0 radical (unpaired) electrons. The van der Waals surface area contributed by atoms with Crippen LogP contribution in [0.2, 0.25) is 5.02 Å². The van der Waals surface area contributed by atoms with E-state index in [4.69, 9.17) is 11.6 Å². The van der Waals surface area contributed by atoms with Crippen LogP contribution in [0.25, 0.3) is 0 Å². The highest BCUT2D eigenvalue weighted by Gasteiger charge is 2.19. The van der Waals surface area contributed by atoms with Crippen LogP contribution in [0.15, 0.2) is 46.9 Å². The van der Waals surface area contributed by atoms with Crippen LogP contribution in [0.3, 0.4) is 0 Å². The monoisotopic (exact) mass is 369 g/mol. The molecule has 21 heavy (non-hydrogen) atoms. The van der Waals surface area contributed by atoms with Crippen molar-refractivity contribution in [3.63, 3.8) is 0 Å². The normalized spacial score (nSPS) is 12.0. The number of nitrogens with one attached hydrogen (secondary N) is 1. The van der Waals surface area contributed by atoms with Crippen molar-refractivity contribution in [3.05, 3.63) is 68.9 Å². The second-order valence-electron chi connectivity index (χ2n) is 4.58. The Kier molecular flexibility index (Phi) is 5.37. The van der Waals surface area contributed by atoms with Gasteiger partial charge in [-0.1, -0.05) is 36.7 Å². The van der Waals surface area contributed by atoms with Crippen LogP contribution in [0, 0.1) is 5.82 Å². The van der Waals surface area contributed by atoms with E-state index in [2.05, 4.69) is 21.2 Å². The van der Waals surface area contributed by atoms with Gasteiger partial charge in [-0.2, -0.15) is 0 Å². The molecule has 2 rings (SSSR count). The SMILES string of the molecule is CCC(NC(=O)c1c(F)cccc1Br)c1ccc(Cl)cc1. The first-order valence-electron chi connectivity index (χ1n) is 6.53. The first-order valence-corrected chi connectivity index (χ1v) is 7.70. The molecule has 0 bridgehead atoms. The number of hydrogen-bond donors (Lipinski definition) is 1. The minimum absolute atomic E-state index is 0.0184. The lowest BCUT2D eigenvalue weighted by molar-refractivity contribution is 0.0930. The molecule has 1 N–H and O–H groups in total. The molecule has 110 valence electrons. The number of rotatable bonds is 4. The first kappa shape index (κ1) is 16.0. The van der Waals surface area contributed by atoms with Gasteiger partial charge in [-0.05, 0) is 52.2 Å². The van der Waals surface area contributed by atoms with E-state index in [9.17, 15) is 9.18 Å². The molecule has 2 aromatic carbocycles. The standard InChI is InChI=1S/C16H14BrClFNO/c1-2-14(10-6-8-11(18)9-7-10)20-16(21)15-12(17)4-3-5-13(15)19/h3-9,14H,2H2,1H3,(H,20,21). The van der Waals surface area contributed by atoms with Gasteiger partial charge in [0.15, 0.2) is 0 Å². The van der Waals surface area contributed by atoms with E-state index in [-0.39, 0.29) is 11.6 Å². The Morgan fingerprint density at radius 1 is 1.29 bits per heavy atom. The third-order valence-electron chi connectivity index (χ3n) is 3.18. The summed E-state index contributed by atoms with van der Waals surface area (Å²) >= 11 is 9.07. The van der Waals surface area contributed by atoms with Crippen molar-refractivity contribution in [2.75, 3.05) is 0 Å². The fourth-order valence-electron chi connectivity index (χ4n) is 2.06. The summed E-state index contributed by atoms with van der Waals surface area (Å²) in [7, 11) is 0. The summed E-state index contributed by atoms with van der Waals surface area (Å²) < 4.78 is 14.2. The molecule has 0 saturated heterocycles. The Labute approximate surface area is 136 Å². The number of benzene rings is 2. The highest BCUT2D eigenvalue weighted by molar-refractivity contribution is 9.10. The predicted molar refractivity (Wildman–Crippen MR) is 86.1 cm³/mol. The fraction of sp³-hybridized carbons (Fsp3) is 0.188. The maximum atomic E-state index is 13.8. The lowest BCUT2D eigenvalue weighted by Gasteiger charge is -2.18. The van der Waals surface area contributed by atoms with Crippen molar-refractivity contribution < 1.29 is 9.18 Å². The fourth-order valence-corrected chi connectivity index (χ4v) is 2.71. The van der Waals surface area contributed by atoms with Gasteiger partial charge in [0.05, 0.1) is 11.6 Å². The molecule has 0 heterocycles. The molecule has 2 nitrogen and oxygen atoms in total. The largest absolute Gasteiger partial charge is 0.345 e. The summed E-state index contributed by atoms with van der Waals surface area (Å²) in [6, 6.07) is 11.5. The molecule has 1 unspecified atom stereocenters. The number of amides is 1. The van der Waals surface area contributed by atoms with E-state index in [1.54, 1.807) is 24.3 Å². The van der Waals surface area contributed by atoms with Crippen LogP contribution < -0.4 is 5.32 Å². The Hall–Kier alpha value is -1.39. The van der Waals surface area contributed by atoms with Gasteiger partial charge in [-0.25, -0.2) is 4.39 Å². The molecule has 0 aliphatic carbocycles. The van der Waals surface area contributed by atoms with Crippen molar-refractivity contribution in [2.45, 2.75) is 19.4 Å². The molecule has 0 aromatic heterocycles. The van der Waals surface area contributed by atoms with Gasteiger partial charge in [0.25, 0.3) is 5.91 Å². The lowest BCUT2D eigenvalue weighted by atomic mass is 10.0. The molecule has 0 aliphatic rings. The van der Waals surface area contributed by atoms with Crippen LogP contribution in [0.1, 0.15) is 35.3 Å². The maximum absolute atomic E-state index is 13.8. The zero-order valence-electron chi connectivity index (χ0n) is 11.4. The van der Waals surface area contributed by atoms with Gasteiger partial charge in [0.2, 0.25) is 0 Å². The van der Waals surface area contributed by atoms with Crippen molar-refractivity contribution >= 4 is 33.4 Å². The summed E-state index contributed by atoms with van der Waals surface area (Å²) in [4.78, 5) is 12.3. The highest BCUT2D eigenvalue weighted by Crippen LogP contribution is 2.23. The van der Waals surface area contributed by atoms with Gasteiger partial charge in [0, 0.05) is 9.50 Å². The van der Waals surface area contributed by atoms with Crippen LogP contribution in [0.4, 0.5) is 4.39 Å². The number of halogens is 3. The predicted octanol–water partition coefficient (Wildman–Crippen LogP) is 5.12. The van der Waals surface area contributed by atoms with Crippen molar-refractivity contribution in [1.82, 2.24) is 5.32 Å². The Bertz CT molecular complexity index is 625. The maximum Gasteiger partial charge on any atom is 0.255 e. The lowest BCUT2D eigenvalue weighted by Crippen LogP contribution is -2.29. The Balaban J connectivity index is 2.22. The molecule has 1 amide bonds. The number of carbonyl (C=O) groups is 1. The van der Waals surface area contributed by atoms with E-state index in [1.807, 2.05) is 19.1 Å². The number of carbonyl (C=O) groups excluding carboxylic acids is 1. The van der Waals surface area contributed by atoms with E-state index in [1.165, 1.54) is 6.07 Å². The summed E-state index contributed by atoms with van der Waals surface area (Å²) in [6.45, 7) is 1.95. The second-order valence-corrected chi connectivity index (χ2v) is 5.87. The van der Waals surface area contributed by atoms with Crippen molar-refractivity contribution in [3.8, 4) is 0 Å². The van der Waals surface area contributed by atoms with E-state index in [0.29, 0.717) is 15.9 Å². The summed E-state index contributed by atoms with van der Waals surface area (Å²) in [5, 5.41) is 3.48. The topological polar surface area (TPSA) is 29.1 Å². The molecular formula is C16H14BrClFNO. The Morgan fingerprint density at radius 3 is 2.52 bits per heavy atom. The van der Waals surface area contributed by atoms with Crippen LogP contribution in [0.5, 0.6) is 0 Å². The molecule has 1 atom stereocenters. The molecule has 0 saturated carbocycles. The van der Waals surface area contributed by atoms with Gasteiger partial charge in [0.1, 0.15) is 5.82 Å². The average Bonchev–Trinajstić information content (AvgIpc) is 2.45. The van der Waals surface area contributed by atoms with E-state index >= 15 is 0 Å². The molecular weight excluding hydrogens is 357 g/mol. The van der Waals surface area contributed by atoms with Gasteiger partial charge >= 0.3 is 0 Å². The summed E-state index contributed by atoms with van der Waals surface area (Å²) in [5.41, 5.74) is 0.952. The molecule has 2 aromatic rings. The molecule has 0 aliphatic heterocycles. The third-order valence-corrected chi connectivity index (χ3v) is 4.09. The van der Waals surface area contributed by atoms with Gasteiger partial charge in [-0.3, -0.25) is 4.79 Å². The van der Waals surface area contributed by atoms with Crippen molar-refractivity contribution in [1.29, 1.82) is 0 Å². The molecule has 0 spiro atoms. The zero-order chi connectivity index (χ0) is 15.4. The van der Waals surface area contributed by atoms with Crippen molar-refractivity contribution in [2.24, 2.45) is 0 Å². The first-order chi connectivity index (χ1) is 10.0. The summed E-state index contributed by atoms with van der Waals surface area (Å²) in [5.74, 6) is -0.991. The second kappa shape index (κ2) is 7.05. The minimum Gasteiger partial charge on any atom is -0.345 e. The average molecular weight is 371 g/mol. The quantitative estimate of drug-likeness (QED) is 0.795. The van der Waals surface area contributed by atoms with Crippen LogP contribution in [-0.2, 0) is 0 Å². The number of hydrogen-bond acceptors (Lipinski definition) is 1. The van der Waals surface area contributed by atoms with Crippen LogP contribution in [-0.4, -0.2) is 5.91 Å². The summed E-state index contributed by atoms with van der Waals surface area (Å²) in [6.07, 6.45) is 0.694. The third kappa shape index (κ3) is 3.83. The van der Waals surface area contributed by atoms with Crippen LogP contribution >= 0.6 is 27.5 Å². The molecule has 5 heteroatoms. The minimum atomic E-state index is -0.548. The molecule has 0 fully saturated rings. The highest BCUT2D eigenvalue weighted by atomic mass is 79.9. The van der Waals surface area contributed by atoms with Gasteiger partial charge in [-0.15, -0.1) is 0 Å². The van der Waals surface area contributed by atoms with E-state index in [0.717, 1.165) is 5.56 Å².